The van der Waals surface area contributed by atoms with Gasteiger partial charge in [0.05, 0.1) is 0 Å². The van der Waals surface area contributed by atoms with Crippen molar-refractivity contribution in [2.75, 3.05) is 0 Å². The van der Waals surface area contributed by atoms with E-state index in [-0.39, 0.29) is 5.03 Å². The maximum absolute atomic E-state index is 10.6. The zero-order chi connectivity index (χ0) is 13.7. The molecule has 0 spiro atoms. The molecule has 0 fully saturated rings. The van der Waals surface area contributed by atoms with E-state index in [1.165, 1.54) is 6.08 Å². The van der Waals surface area contributed by atoms with Crippen molar-refractivity contribution in [2.45, 2.75) is 0 Å². The van der Waals surface area contributed by atoms with Crippen LogP contribution in [0.25, 0.3) is 5.03 Å². The molecule has 2 N–H and O–H groups in total. The number of allylic oxidation sites excluding steroid dienone is 2. The van der Waals surface area contributed by atoms with Crippen LogP contribution < -0.4 is 0 Å². The number of hydrogen-bond acceptors (Lipinski definition) is 2. The summed E-state index contributed by atoms with van der Waals surface area (Å²) in [6.07, 6.45) is 2.14. The number of carboxylic acid groups (broad SMARTS) is 2. The molecule has 0 saturated heterocycles. The topological polar surface area (TPSA) is 74.6 Å². The van der Waals surface area contributed by atoms with Gasteiger partial charge in [0.25, 0.3) is 0 Å². The zero-order valence-corrected chi connectivity index (χ0v) is 10.4. The highest BCUT2D eigenvalue weighted by Gasteiger charge is 2.14. The molecule has 0 atom stereocenters. The third-order valence-corrected chi connectivity index (χ3v) is 2.57. The number of benzene rings is 1. The smallest absolute Gasteiger partial charge is 0.343 e. The Balaban J connectivity index is 3.02. The molecule has 1 aromatic carbocycles. The van der Waals surface area contributed by atoms with E-state index in [1.807, 2.05) is 0 Å². The second kappa shape index (κ2) is 6.23. The fraction of sp³-hybridized carbons (Fsp3) is 0. The van der Waals surface area contributed by atoms with Crippen LogP contribution in [0.15, 0.2) is 42.0 Å². The van der Waals surface area contributed by atoms with Gasteiger partial charge in [-0.25, -0.2) is 9.59 Å². The van der Waals surface area contributed by atoms with Crippen LogP contribution in [0.5, 0.6) is 0 Å². The summed E-state index contributed by atoms with van der Waals surface area (Å²) in [5, 5.41) is 18.0. The number of halogens is 2. The maximum Gasteiger partial charge on any atom is 0.343 e. The molecule has 0 bridgehead atoms. The van der Waals surface area contributed by atoms with Gasteiger partial charge in [-0.3, -0.25) is 0 Å². The van der Waals surface area contributed by atoms with Crippen molar-refractivity contribution in [3.05, 3.63) is 52.6 Å². The summed E-state index contributed by atoms with van der Waals surface area (Å²) >= 11 is 11.6. The molecule has 6 heteroatoms. The van der Waals surface area contributed by atoms with Crippen molar-refractivity contribution in [2.24, 2.45) is 0 Å². The predicted octanol–water partition coefficient (Wildman–Crippen LogP) is 3.02. The van der Waals surface area contributed by atoms with Gasteiger partial charge in [-0.15, -0.1) is 0 Å². The molecule has 0 unspecified atom stereocenters. The summed E-state index contributed by atoms with van der Waals surface area (Å²) in [7, 11) is 0. The molecule has 0 aromatic heterocycles. The fourth-order valence-corrected chi connectivity index (χ4v) is 1.41. The first-order chi connectivity index (χ1) is 8.41. The van der Waals surface area contributed by atoms with Crippen molar-refractivity contribution in [3.63, 3.8) is 0 Å². The van der Waals surface area contributed by atoms with E-state index < -0.39 is 17.5 Å². The molecule has 0 heterocycles. The summed E-state index contributed by atoms with van der Waals surface area (Å²) in [6, 6.07) is 6.50. The molecule has 1 aromatic rings. The molecule has 94 valence electrons. The number of carbonyl (C=O) groups is 2. The second-order valence-electron chi connectivity index (χ2n) is 3.21. The van der Waals surface area contributed by atoms with Crippen molar-refractivity contribution in [3.8, 4) is 0 Å². The van der Waals surface area contributed by atoms with Gasteiger partial charge in [-0.2, -0.15) is 0 Å². The Labute approximate surface area is 113 Å². The highest BCUT2D eigenvalue weighted by Crippen LogP contribution is 2.21. The van der Waals surface area contributed by atoms with Gasteiger partial charge in [0.1, 0.15) is 5.57 Å². The largest absolute Gasteiger partial charge is 0.477 e. The van der Waals surface area contributed by atoms with Gasteiger partial charge in [0.15, 0.2) is 0 Å². The number of hydrogen-bond donors (Lipinski definition) is 2. The number of aliphatic carboxylic acids is 2. The van der Waals surface area contributed by atoms with Gasteiger partial charge in [-0.1, -0.05) is 35.3 Å². The summed E-state index contributed by atoms with van der Waals surface area (Å²) in [5.74, 6) is -3.06. The van der Waals surface area contributed by atoms with Crippen LogP contribution >= 0.6 is 23.2 Å². The minimum absolute atomic E-state index is 0.215. The van der Waals surface area contributed by atoms with Crippen LogP contribution in [0.1, 0.15) is 5.56 Å². The van der Waals surface area contributed by atoms with E-state index in [2.05, 4.69) is 0 Å². The van der Waals surface area contributed by atoms with Gasteiger partial charge in [0, 0.05) is 10.1 Å². The predicted molar refractivity (Wildman–Crippen MR) is 68.6 cm³/mol. The highest BCUT2D eigenvalue weighted by atomic mass is 35.5. The van der Waals surface area contributed by atoms with Crippen LogP contribution in [0.4, 0.5) is 0 Å². The quantitative estimate of drug-likeness (QED) is 0.386. The van der Waals surface area contributed by atoms with Crippen molar-refractivity contribution < 1.29 is 19.8 Å². The van der Waals surface area contributed by atoms with Gasteiger partial charge < -0.3 is 10.2 Å². The van der Waals surface area contributed by atoms with Crippen LogP contribution in [0.2, 0.25) is 5.02 Å². The second-order valence-corrected chi connectivity index (χ2v) is 4.06. The highest BCUT2D eigenvalue weighted by molar-refractivity contribution is 6.49. The third-order valence-electron chi connectivity index (χ3n) is 1.98. The zero-order valence-electron chi connectivity index (χ0n) is 8.93. The fourth-order valence-electron chi connectivity index (χ4n) is 1.10. The SMILES string of the molecule is O=C(O)C(=C/C=C(\Cl)c1ccc(Cl)cc1)C(=O)O. The molecule has 0 saturated carbocycles. The Kier molecular flexibility index (Phi) is 4.95. The Morgan fingerprint density at radius 2 is 1.50 bits per heavy atom. The summed E-state index contributed by atoms with van der Waals surface area (Å²) in [4.78, 5) is 21.2. The normalized spacial score (nSPS) is 10.9. The van der Waals surface area contributed by atoms with Crippen LogP contribution in [-0.2, 0) is 9.59 Å². The molecule has 1 rings (SSSR count). The molecule has 0 amide bonds. The minimum atomic E-state index is -1.53. The first kappa shape index (κ1) is 14.3. The minimum Gasteiger partial charge on any atom is -0.477 e. The van der Waals surface area contributed by atoms with E-state index in [1.54, 1.807) is 24.3 Å². The lowest BCUT2D eigenvalue weighted by molar-refractivity contribution is -0.140. The van der Waals surface area contributed by atoms with Gasteiger partial charge >= 0.3 is 11.9 Å². The van der Waals surface area contributed by atoms with E-state index in [9.17, 15) is 9.59 Å². The van der Waals surface area contributed by atoms with Crippen molar-refractivity contribution >= 4 is 40.2 Å². The Morgan fingerprint density at radius 1 is 1.00 bits per heavy atom. The first-order valence-corrected chi connectivity index (χ1v) is 5.47. The van der Waals surface area contributed by atoms with E-state index in [0.29, 0.717) is 10.6 Å². The monoisotopic (exact) mass is 286 g/mol. The molecule has 18 heavy (non-hydrogen) atoms. The average Bonchev–Trinajstić information content (AvgIpc) is 2.28. The molecule has 0 aliphatic heterocycles. The molecule has 0 radical (unpaired) electrons. The summed E-state index contributed by atoms with van der Waals surface area (Å²) < 4.78 is 0. The third kappa shape index (κ3) is 3.91. The van der Waals surface area contributed by atoms with E-state index in [0.717, 1.165) is 6.08 Å². The molecular weight excluding hydrogens is 279 g/mol. The molecular formula is C12H8Cl2O4. The van der Waals surface area contributed by atoms with Crippen LogP contribution in [-0.4, -0.2) is 22.2 Å². The average molecular weight is 287 g/mol. The lowest BCUT2D eigenvalue weighted by Crippen LogP contribution is -2.10. The number of carboxylic acids is 2. The molecule has 0 aliphatic rings. The standard InChI is InChI=1S/C12H8Cl2O4/c13-8-3-1-7(2-4-8)10(14)6-5-9(11(15)16)12(17)18/h1-6H,(H,15,16)(H,17,18)/b10-6-. The Morgan fingerprint density at radius 3 is 1.94 bits per heavy atom. The van der Waals surface area contributed by atoms with Crippen LogP contribution in [0.3, 0.4) is 0 Å². The van der Waals surface area contributed by atoms with Crippen molar-refractivity contribution in [1.82, 2.24) is 0 Å². The Hall–Kier alpha value is -1.78. The lowest BCUT2D eigenvalue weighted by Gasteiger charge is -1.98. The van der Waals surface area contributed by atoms with Crippen molar-refractivity contribution in [1.29, 1.82) is 0 Å². The van der Waals surface area contributed by atoms with E-state index >= 15 is 0 Å². The molecule has 0 aliphatic carbocycles. The van der Waals surface area contributed by atoms with Crippen LogP contribution in [0, 0.1) is 0 Å². The summed E-state index contributed by atoms with van der Waals surface area (Å²) in [5.41, 5.74) is -0.158. The number of rotatable bonds is 4. The Bertz CT molecular complexity index is 514. The van der Waals surface area contributed by atoms with Gasteiger partial charge in [0.2, 0.25) is 0 Å². The lowest BCUT2D eigenvalue weighted by atomic mass is 10.2. The summed E-state index contributed by atoms with van der Waals surface area (Å²) in [6.45, 7) is 0. The first-order valence-electron chi connectivity index (χ1n) is 4.72. The molecule has 4 nitrogen and oxygen atoms in total. The maximum atomic E-state index is 10.6. The van der Waals surface area contributed by atoms with Gasteiger partial charge in [-0.05, 0) is 29.8 Å². The van der Waals surface area contributed by atoms with E-state index in [4.69, 9.17) is 33.4 Å².